The fourth-order valence-electron chi connectivity index (χ4n) is 2.97. The SMILES string of the molecule is CCCSc1ncccc1C(=O)Nc1ccc(F)c(C2(C)CCSC(N)=N2)c1. The molecule has 3 N–H and O–H groups in total. The molecule has 1 aromatic carbocycles. The highest BCUT2D eigenvalue weighted by molar-refractivity contribution is 8.13. The largest absolute Gasteiger partial charge is 0.379 e. The molecule has 148 valence electrons. The Bertz CT molecular complexity index is 906. The van der Waals surface area contributed by atoms with Crippen LogP contribution < -0.4 is 11.1 Å². The molecule has 1 unspecified atom stereocenters. The Morgan fingerprint density at radius 2 is 2.25 bits per heavy atom. The summed E-state index contributed by atoms with van der Waals surface area (Å²) >= 11 is 3.02. The summed E-state index contributed by atoms with van der Waals surface area (Å²) in [6.07, 6.45) is 3.34. The van der Waals surface area contributed by atoms with Crippen LogP contribution in [0.3, 0.4) is 0 Å². The fraction of sp³-hybridized carbons (Fsp3) is 0.350. The van der Waals surface area contributed by atoms with Crippen molar-refractivity contribution in [3.05, 3.63) is 53.5 Å². The summed E-state index contributed by atoms with van der Waals surface area (Å²) in [6.45, 7) is 3.94. The molecule has 0 aliphatic carbocycles. The standard InChI is InChI=1S/C20H23FN4OS2/c1-3-10-27-18-14(5-4-9-23-18)17(26)24-13-6-7-16(21)15(12-13)20(2)8-11-28-19(22)25-20/h4-7,9,12H,3,8,10-11H2,1-2H3,(H2,22,25)(H,24,26). The van der Waals surface area contributed by atoms with Crippen molar-refractivity contribution in [2.24, 2.45) is 10.7 Å². The van der Waals surface area contributed by atoms with Crippen LogP contribution in [0.15, 0.2) is 46.5 Å². The molecule has 1 amide bonds. The molecular formula is C20H23FN4OS2. The Kier molecular flexibility index (Phi) is 6.61. The number of nitrogens with one attached hydrogen (secondary N) is 1. The van der Waals surface area contributed by atoms with Gasteiger partial charge >= 0.3 is 0 Å². The Labute approximate surface area is 172 Å². The number of thioether (sulfide) groups is 2. The van der Waals surface area contributed by atoms with Gasteiger partial charge in [-0.05, 0) is 55.9 Å². The third-order valence-corrected chi connectivity index (χ3v) is 6.47. The van der Waals surface area contributed by atoms with E-state index in [1.54, 1.807) is 42.2 Å². The van der Waals surface area contributed by atoms with Gasteiger partial charge in [0.05, 0.1) is 11.1 Å². The number of hydrogen-bond donors (Lipinski definition) is 2. The summed E-state index contributed by atoms with van der Waals surface area (Å²) in [5.41, 5.74) is 6.58. The van der Waals surface area contributed by atoms with Crippen molar-refractivity contribution >= 4 is 40.3 Å². The predicted octanol–water partition coefficient (Wildman–Crippen LogP) is 4.64. The molecule has 28 heavy (non-hydrogen) atoms. The summed E-state index contributed by atoms with van der Waals surface area (Å²) in [5.74, 6) is 1.03. The summed E-state index contributed by atoms with van der Waals surface area (Å²) in [4.78, 5) is 21.6. The van der Waals surface area contributed by atoms with Gasteiger partial charge in [0.2, 0.25) is 0 Å². The monoisotopic (exact) mass is 418 g/mol. The number of anilines is 1. The molecule has 1 aromatic heterocycles. The van der Waals surface area contributed by atoms with E-state index in [0.29, 0.717) is 33.4 Å². The van der Waals surface area contributed by atoms with Gasteiger partial charge in [-0.25, -0.2) is 9.37 Å². The molecule has 3 rings (SSSR count). The summed E-state index contributed by atoms with van der Waals surface area (Å²) in [6, 6.07) is 8.05. The van der Waals surface area contributed by atoms with Crippen LogP contribution in [0.1, 0.15) is 42.6 Å². The number of aromatic nitrogens is 1. The number of rotatable bonds is 6. The van der Waals surface area contributed by atoms with E-state index in [2.05, 4.69) is 22.2 Å². The molecule has 0 bridgehead atoms. The first-order valence-electron chi connectivity index (χ1n) is 9.10. The van der Waals surface area contributed by atoms with E-state index in [-0.39, 0.29) is 11.7 Å². The van der Waals surface area contributed by atoms with Gasteiger partial charge in [0, 0.05) is 23.2 Å². The number of hydrogen-bond acceptors (Lipinski definition) is 6. The molecule has 0 spiro atoms. The maximum absolute atomic E-state index is 14.5. The fourth-order valence-corrected chi connectivity index (χ4v) is 4.80. The second-order valence-electron chi connectivity index (χ2n) is 6.68. The minimum Gasteiger partial charge on any atom is -0.379 e. The number of aliphatic imine (C=N–C) groups is 1. The van der Waals surface area contributed by atoms with Crippen molar-refractivity contribution in [1.82, 2.24) is 4.98 Å². The van der Waals surface area contributed by atoms with Gasteiger partial charge < -0.3 is 11.1 Å². The first kappa shape index (κ1) is 20.7. The summed E-state index contributed by atoms with van der Waals surface area (Å²) in [7, 11) is 0. The lowest BCUT2D eigenvalue weighted by atomic mass is 9.89. The van der Waals surface area contributed by atoms with Crippen LogP contribution >= 0.6 is 23.5 Å². The summed E-state index contributed by atoms with van der Waals surface area (Å²) < 4.78 is 14.5. The van der Waals surface area contributed by atoms with Gasteiger partial charge in [-0.2, -0.15) is 0 Å². The Morgan fingerprint density at radius 3 is 3.00 bits per heavy atom. The second-order valence-corrected chi connectivity index (χ2v) is 8.87. The van der Waals surface area contributed by atoms with Gasteiger partial charge in [-0.3, -0.25) is 9.79 Å². The second kappa shape index (κ2) is 8.96. The van der Waals surface area contributed by atoms with E-state index in [4.69, 9.17) is 5.73 Å². The van der Waals surface area contributed by atoms with Crippen LogP contribution in [0, 0.1) is 5.82 Å². The molecule has 0 saturated heterocycles. The maximum atomic E-state index is 14.5. The number of carbonyl (C=O) groups excluding carboxylic acids is 1. The van der Waals surface area contributed by atoms with E-state index < -0.39 is 5.54 Å². The van der Waals surface area contributed by atoms with Crippen LogP contribution in [-0.2, 0) is 5.54 Å². The highest BCUT2D eigenvalue weighted by Gasteiger charge is 2.32. The van der Waals surface area contributed by atoms with Gasteiger partial charge in [0.15, 0.2) is 5.17 Å². The van der Waals surface area contributed by atoms with Crippen LogP contribution in [0.25, 0.3) is 0 Å². The first-order valence-corrected chi connectivity index (χ1v) is 11.1. The number of amides is 1. The van der Waals surface area contributed by atoms with Gasteiger partial charge in [-0.15, -0.1) is 11.8 Å². The van der Waals surface area contributed by atoms with Crippen molar-refractivity contribution in [3.63, 3.8) is 0 Å². The molecule has 1 aliphatic heterocycles. The number of nitrogens with two attached hydrogens (primary N) is 1. The smallest absolute Gasteiger partial charge is 0.258 e. The van der Waals surface area contributed by atoms with Gasteiger partial charge in [0.25, 0.3) is 5.91 Å². The Hall–Kier alpha value is -2.06. The number of amidine groups is 1. The molecule has 0 fully saturated rings. The molecule has 1 aliphatic rings. The van der Waals surface area contributed by atoms with E-state index >= 15 is 0 Å². The first-order chi connectivity index (χ1) is 13.4. The Balaban J connectivity index is 1.86. The third kappa shape index (κ3) is 4.67. The van der Waals surface area contributed by atoms with Crippen LogP contribution in [0.2, 0.25) is 0 Å². The minimum absolute atomic E-state index is 0.267. The maximum Gasteiger partial charge on any atom is 0.258 e. The average Bonchev–Trinajstić information content (AvgIpc) is 2.67. The van der Waals surface area contributed by atoms with Crippen molar-refractivity contribution in [3.8, 4) is 0 Å². The third-order valence-electron chi connectivity index (χ3n) is 4.46. The number of nitrogens with zero attached hydrogens (tertiary/aromatic N) is 2. The zero-order valence-corrected chi connectivity index (χ0v) is 17.5. The van der Waals surface area contributed by atoms with Crippen molar-refractivity contribution < 1.29 is 9.18 Å². The number of halogens is 1. The highest BCUT2D eigenvalue weighted by atomic mass is 32.2. The van der Waals surface area contributed by atoms with Crippen LogP contribution in [-0.4, -0.2) is 27.6 Å². The normalized spacial score (nSPS) is 19.2. The highest BCUT2D eigenvalue weighted by Crippen LogP contribution is 2.37. The van der Waals surface area contributed by atoms with Gasteiger partial charge in [-0.1, -0.05) is 18.7 Å². The lowest BCUT2D eigenvalue weighted by Gasteiger charge is -2.30. The summed E-state index contributed by atoms with van der Waals surface area (Å²) in [5, 5.41) is 4.01. The number of pyridine rings is 1. The van der Waals surface area contributed by atoms with E-state index in [0.717, 1.165) is 17.9 Å². The molecular weight excluding hydrogens is 395 g/mol. The predicted molar refractivity (Wildman–Crippen MR) is 116 cm³/mol. The lowest BCUT2D eigenvalue weighted by Crippen LogP contribution is -2.29. The molecule has 2 aromatic rings. The molecule has 8 heteroatoms. The zero-order valence-electron chi connectivity index (χ0n) is 15.9. The molecule has 0 radical (unpaired) electrons. The van der Waals surface area contributed by atoms with Crippen molar-refractivity contribution in [1.29, 1.82) is 0 Å². The van der Waals surface area contributed by atoms with Crippen molar-refractivity contribution in [2.75, 3.05) is 16.8 Å². The minimum atomic E-state index is -0.739. The van der Waals surface area contributed by atoms with E-state index in [1.807, 2.05) is 6.92 Å². The lowest BCUT2D eigenvalue weighted by molar-refractivity contribution is 0.102. The van der Waals surface area contributed by atoms with E-state index in [9.17, 15) is 9.18 Å². The van der Waals surface area contributed by atoms with Crippen molar-refractivity contribution in [2.45, 2.75) is 37.3 Å². The molecule has 1 atom stereocenters. The van der Waals surface area contributed by atoms with Crippen LogP contribution in [0.5, 0.6) is 0 Å². The van der Waals surface area contributed by atoms with Crippen LogP contribution in [0.4, 0.5) is 10.1 Å². The topological polar surface area (TPSA) is 80.4 Å². The zero-order chi connectivity index (χ0) is 20.1. The molecule has 0 saturated carbocycles. The molecule has 5 nitrogen and oxygen atoms in total. The number of carbonyl (C=O) groups is 1. The number of benzene rings is 1. The van der Waals surface area contributed by atoms with E-state index in [1.165, 1.54) is 17.8 Å². The average molecular weight is 419 g/mol. The Morgan fingerprint density at radius 1 is 1.43 bits per heavy atom. The quantitative estimate of drug-likeness (QED) is 0.668. The van der Waals surface area contributed by atoms with Gasteiger partial charge in [0.1, 0.15) is 10.8 Å². The molecule has 2 heterocycles.